The molecular formula is C15H14F2N2O2. The number of halogens is 2. The van der Waals surface area contributed by atoms with Gasteiger partial charge in [0.1, 0.15) is 17.3 Å². The summed E-state index contributed by atoms with van der Waals surface area (Å²) < 4.78 is 27.1. The molecule has 0 spiro atoms. The highest BCUT2D eigenvalue weighted by atomic mass is 19.1. The first-order chi connectivity index (χ1) is 9.90. The molecule has 0 radical (unpaired) electrons. The zero-order valence-corrected chi connectivity index (χ0v) is 11.6. The van der Waals surface area contributed by atoms with E-state index >= 15 is 0 Å². The van der Waals surface area contributed by atoms with E-state index in [1.54, 1.807) is 13.0 Å². The monoisotopic (exact) mass is 292 g/mol. The molecule has 0 saturated heterocycles. The van der Waals surface area contributed by atoms with E-state index in [2.05, 4.69) is 5.32 Å². The third-order valence-electron chi connectivity index (χ3n) is 3.33. The minimum Gasteiger partial charge on any atom is -0.375 e. The van der Waals surface area contributed by atoms with Crippen molar-refractivity contribution in [3.8, 4) is 0 Å². The Morgan fingerprint density at radius 1 is 1.14 bits per heavy atom. The van der Waals surface area contributed by atoms with E-state index in [1.807, 2.05) is 6.92 Å². The molecule has 0 aromatic heterocycles. The average Bonchev–Trinajstić information content (AvgIpc) is 2.41. The lowest BCUT2D eigenvalue weighted by Gasteiger charge is -2.11. The maximum Gasteiger partial charge on any atom is 0.292 e. The predicted octanol–water partition coefficient (Wildman–Crippen LogP) is 4.10. The van der Waals surface area contributed by atoms with Crippen LogP contribution in [0.1, 0.15) is 16.7 Å². The first-order valence-corrected chi connectivity index (χ1v) is 6.32. The van der Waals surface area contributed by atoms with Crippen LogP contribution in [0, 0.1) is 35.6 Å². The summed E-state index contributed by atoms with van der Waals surface area (Å²) in [5, 5.41) is 13.8. The summed E-state index contributed by atoms with van der Waals surface area (Å²) in [6.07, 6.45) is 0. The second kappa shape index (κ2) is 5.87. The van der Waals surface area contributed by atoms with Gasteiger partial charge < -0.3 is 5.32 Å². The maximum atomic E-state index is 13.5. The van der Waals surface area contributed by atoms with Crippen LogP contribution in [0.25, 0.3) is 0 Å². The number of benzene rings is 2. The molecule has 0 aliphatic heterocycles. The first-order valence-electron chi connectivity index (χ1n) is 6.32. The van der Waals surface area contributed by atoms with Crippen molar-refractivity contribution in [1.82, 2.24) is 0 Å². The molecule has 0 fully saturated rings. The van der Waals surface area contributed by atoms with Gasteiger partial charge in [-0.1, -0.05) is 6.07 Å². The van der Waals surface area contributed by atoms with Gasteiger partial charge in [0.25, 0.3) is 5.69 Å². The molecule has 4 nitrogen and oxygen atoms in total. The number of nitro groups is 1. The second-order valence-electron chi connectivity index (χ2n) is 4.76. The van der Waals surface area contributed by atoms with Crippen LogP contribution >= 0.6 is 0 Å². The van der Waals surface area contributed by atoms with E-state index in [4.69, 9.17) is 0 Å². The highest BCUT2D eigenvalue weighted by Crippen LogP contribution is 2.28. The first kappa shape index (κ1) is 14.9. The van der Waals surface area contributed by atoms with Gasteiger partial charge in [-0.15, -0.1) is 0 Å². The zero-order valence-electron chi connectivity index (χ0n) is 11.6. The van der Waals surface area contributed by atoms with Gasteiger partial charge in [-0.3, -0.25) is 10.1 Å². The smallest absolute Gasteiger partial charge is 0.292 e. The average molecular weight is 292 g/mol. The van der Waals surface area contributed by atoms with Gasteiger partial charge in [0, 0.05) is 18.2 Å². The fraction of sp³-hybridized carbons (Fsp3) is 0.200. The molecule has 0 saturated carbocycles. The Hall–Kier alpha value is -2.50. The lowest BCUT2D eigenvalue weighted by atomic mass is 10.1. The number of hydrogen-bond acceptors (Lipinski definition) is 3. The van der Waals surface area contributed by atoms with Crippen LogP contribution in [0.5, 0.6) is 0 Å². The Balaban J connectivity index is 2.32. The molecule has 0 amide bonds. The van der Waals surface area contributed by atoms with Crippen molar-refractivity contribution in [3.05, 3.63) is 68.8 Å². The largest absolute Gasteiger partial charge is 0.375 e. The second-order valence-corrected chi connectivity index (χ2v) is 4.76. The van der Waals surface area contributed by atoms with Crippen molar-refractivity contribution in [2.24, 2.45) is 0 Å². The van der Waals surface area contributed by atoms with Crippen LogP contribution < -0.4 is 5.32 Å². The summed E-state index contributed by atoms with van der Waals surface area (Å²) in [5.74, 6) is -1.37. The van der Waals surface area contributed by atoms with Gasteiger partial charge in [-0.25, -0.2) is 8.78 Å². The minimum absolute atomic E-state index is 0.116. The van der Waals surface area contributed by atoms with Gasteiger partial charge in [0.05, 0.1) is 4.92 Å². The Morgan fingerprint density at radius 2 is 1.71 bits per heavy atom. The molecule has 0 atom stereocenters. The number of nitrogens with zero attached hydrogens (tertiary/aromatic N) is 1. The molecule has 0 unspecified atom stereocenters. The molecule has 0 aliphatic rings. The molecule has 110 valence electrons. The normalized spacial score (nSPS) is 10.5. The summed E-state index contributed by atoms with van der Waals surface area (Å²) >= 11 is 0. The summed E-state index contributed by atoms with van der Waals surface area (Å²) in [7, 11) is 0. The van der Waals surface area contributed by atoms with Crippen molar-refractivity contribution in [3.63, 3.8) is 0 Å². The van der Waals surface area contributed by atoms with Crippen LogP contribution in [0.15, 0.2) is 30.3 Å². The molecule has 0 heterocycles. The quantitative estimate of drug-likeness (QED) is 0.681. The van der Waals surface area contributed by atoms with Gasteiger partial charge in [0.2, 0.25) is 0 Å². The number of aryl methyl sites for hydroxylation is 2. The van der Waals surface area contributed by atoms with Crippen LogP contribution in [0.2, 0.25) is 0 Å². The van der Waals surface area contributed by atoms with E-state index < -0.39 is 16.6 Å². The summed E-state index contributed by atoms with van der Waals surface area (Å²) in [6, 6.07) is 6.61. The van der Waals surface area contributed by atoms with E-state index in [1.165, 1.54) is 12.1 Å². The third-order valence-corrected chi connectivity index (χ3v) is 3.33. The highest BCUT2D eigenvalue weighted by molar-refractivity contribution is 5.64. The zero-order chi connectivity index (χ0) is 15.6. The van der Waals surface area contributed by atoms with Gasteiger partial charge in [0.15, 0.2) is 0 Å². The Labute approximate surface area is 120 Å². The highest BCUT2D eigenvalue weighted by Gasteiger charge is 2.16. The number of hydrogen-bond donors (Lipinski definition) is 1. The molecule has 21 heavy (non-hydrogen) atoms. The maximum absolute atomic E-state index is 13.5. The number of anilines is 1. The summed E-state index contributed by atoms with van der Waals surface area (Å²) in [6.45, 7) is 3.42. The van der Waals surface area contributed by atoms with Crippen LogP contribution in [0.3, 0.4) is 0 Å². The van der Waals surface area contributed by atoms with Crippen molar-refractivity contribution < 1.29 is 13.7 Å². The van der Waals surface area contributed by atoms with Crippen molar-refractivity contribution >= 4 is 11.4 Å². The SMILES string of the molecule is Cc1cc(NCc2c(F)cccc2F)c([N+](=O)[O-])cc1C. The van der Waals surface area contributed by atoms with Crippen LogP contribution in [-0.4, -0.2) is 4.92 Å². The molecular weight excluding hydrogens is 278 g/mol. The molecule has 0 bridgehead atoms. The minimum atomic E-state index is -0.686. The third kappa shape index (κ3) is 3.16. The predicted molar refractivity (Wildman–Crippen MR) is 76.3 cm³/mol. The molecule has 2 aromatic carbocycles. The number of nitro benzene ring substituents is 1. The molecule has 2 rings (SSSR count). The fourth-order valence-corrected chi connectivity index (χ4v) is 1.98. The molecule has 2 aromatic rings. The molecule has 6 heteroatoms. The van der Waals surface area contributed by atoms with Crippen LogP contribution in [-0.2, 0) is 6.54 Å². The summed E-state index contributed by atoms with van der Waals surface area (Å²) in [5.41, 5.74) is 1.62. The van der Waals surface area contributed by atoms with E-state index in [0.29, 0.717) is 0 Å². The Kier molecular flexibility index (Phi) is 4.16. The standard InChI is InChI=1S/C15H14F2N2O2/c1-9-6-14(15(19(20)21)7-10(9)2)18-8-11-12(16)4-3-5-13(11)17/h3-7,18H,8H2,1-2H3. The van der Waals surface area contributed by atoms with E-state index in [0.717, 1.165) is 23.3 Å². The van der Waals surface area contributed by atoms with Crippen molar-refractivity contribution in [1.29, 1.82) is 0 Å². The van der Waals surface area contributed by atoms with E-state index in [-0.39, 0.29) is 23.5 Å². The van der Waals surface area contributed by atoms with Gasteiger partial charge >= 0.3 is 0 Å². The lowest BCUT2D eigenvalue weighted by Crippen LogP contribution is -2.07. The number of nitrogens with one attached hydrogen (secondary N) is 1. The molecule has 1 N–H and O–H groups in total. The summed E-state index contributed by atoms with van der Waals surface area (Å²) in [4.78, 5) is 10.5. The fourth-order valence-electron chi connectivity index (χ4n) is 1.98. The topological polar surface area (TPSA) is 55.2 Å². The number of rotatable bonds is 4. The lowest BCUT2D eigenvalue weighted by molar-refractivity contribution is -0.384. The van der Waals surface area contributed by atoms with E-state index in [9.17, 15) is 18.9 Å². The Morgan fingerprint density at radius 3 is 2.29 bits per heavy atom. The molecule has 0 aliphatic carbocycles. The van der Waals surface area contributed by atoms with Gasteiger partial charge in [-0.2, -0.15) is 0 Å². The van der Waals surface area contributed by atoms with Crippen molar-refractivity contribution in [2.45, 2.75) is 20.4 Å². The Bertz CT molecular complexity index is 682. The van der Waals surface area contributed by atoms with Crippen molar-refractivity contribution in [2.75, 3.05) is 5.32 Å². The van der Waals surface area contributed by atoms with Crippen LogP contribution in [0.4, 0.5) is 20.2 Å². The van der Waals surface area contributed by atoms with Gasteiger partial charge in [-0.05, 0) is 43.2 Å².